The van der Waals surface area contributed by atoms with Crippen LogP contribution in [0.3, 0.4) is 0 Å². The van der Waals surface area contributed by atoms with Crippen molar-refractivity contribution in [2.75, 3.05) is 4.81 Å². The van der Waals surface area contributed by atoms with Gasteiger partial charge >= 0.3 is 341 Å². The zero-order valence-corrected chi connectivity index (χ0v) is 39.1. The predicted octanol–water partition coefficient (Wildman–Crippen LogP) is 13.9. The van der Waals surface area contributed by atoms with Crippen LogP contribution in [-0.2, 0) is 30.2 Å². The minimum absolute atomic E-state index is 0.100. The Balaban J connectivity index is 1.19. The molecular weight excluding hydrogens is 967 g/mol. The van der Waals surface area contributed by atoms with Gasteiger partial charge < -0.3 is 0 Å². The molecule has 0 saturated carbocycles. The van der Waals surface area contributed by atoms with E-state index < -0.39 is 65.8 Å². The van der Waals surface area contributed by atoms with E-state index in [1.54, 1.807) is 12.1 Å². The summed E-state index contributed by atoms with van der Waals surface area (Å²) < 4.78 is 103. The van der Waals surface area contributed by atoms with Crippen molar-refractivity contribution < 1.29 is 37.8 Å². The van der Waals surface area contributed by atoms with Crippen LogP contribution in [0.25, 0.3) is 55.9 Å². The summed E-state index contributed by atoms with van der Waals surface area (Å²) in [5, 5.41) is 5.10. The predicted molar refractivity (Wildman–Crippen MR) is 260 cm³/mol. The van der Waals surface area contributed by atoms with Crippen LogP contribution in [0.1, 0.15) is 72.1 Å². The fourth-order valence-corrected chi connectivity index (χ4v) is 9.46. The Labute approximate surface area is 401 Å². The van der Waals surface area contributed by atoms with E-state index in [1.165, 1.54) is 0 Å². The summed E-state index contributed by atoms with van der Waals surface area (Å²) in [6.45, 7) is 16.3. The molecule has 0 amide bonds. The van der Waals surface area contributed by atoms with Crippen LogP contribution in [0.2, 0.25) is 6.82 Å². The van der Waals surface area contributed by atoms with E-state index in [-0.39, 0.29) is 40.3 Å². The molecule has 64 heavy (non-hydrogen) atoms. The number of rotatable bonds is 7. The van der Waals surface area contributed by atoms with Crippen LogP contribution in [0.4, 0.5) is 11.5 Å². The molecule has 3 aromatic heterocycles. The molecule has 0 spiro atoms. The monoisotopic (exact) mass is 1030 g/mol. The van der Waals surface area contributed by atoms with Crippen molar-refractivity contribution >= 4 is 29.5 Å². The molecule has 10 rings (SSSR count). The number of nitrogens with zero attached hydrogens (tertiary/aromatic N) is 6. The number of hydrogen-bond acceptors (Lipinski definition) is 4. The Morgan fingerprint density at radius 2 is 1.30 bits per heavy atom. The van der Waals surface area contributed by atoms with Crippen molar-refractivity contribution in [1.29, 1.82) is 0 Å². The summed E-state index contributed by atoms with van der Waals surface area (Å²) in [6.07, 6.45) is 1.81. The van der Waals surface area contributed by atoms with E-state index in [0.29, 0.717) is 37.6 Å². The molecule has 0 aliphatic carbocycles. The third-order valence-electron chi connectivity index (χ3n) is 11.6. The second-order valence-corrected chi connectivity index (χ2v) is 19.2. The zero-order valence-electron chi connectivity index (χ0n) is 46.8. The van der Waals surface area contributed by atoms with Gasteiger partial charge in [-0.3, -0.25) is 0 Å². The Morgan fingerprint density at radius 1 is 0.656 bits per heavy atom. The van der Waals surface area contributed by atoms with Crippen molar-refractivity contribution in [2.45, 2.75) is 66.1 Å². The zero-order chi connectivity index (χ0) is 53.2. The molecule has 1 aliphatic heterocycles. The maximum absolute atomic E-state index is 9.30. The third kappa shape index (κ3) is 7.38. The fourth-order valence-electron chi connectivity index (χ4n) is 8.37. The van der Waals surface area contributed by atoms with Gasteiger partial charge in [0, 0.05) is 11.6 Å². The number of aryl methyl sites for hydroxylation is 1. The van der Waals surface area contributed by atoms with Crippen LogP contribution in [0.5, 0.6) is 11.5 Å². The number of para-hydroxylation sites is 2. The average Bonchev–Trinajstić information content (AvgIpc) is 3.95. The molecule has 0 N–H and O–H groups in total. The van der Waals surface area contributed by atoms with Gasteiger partial charge in [0.25, 0.3) is 0 Å². The van der Waals surface area contributed by atoms with Crippen LogP contribution < -0.4 is 9.55 Å². The summed E-state index contributed by atoms with van der Waals surface area (Å²) in [6, 6.07) is 26.0. The number of ether oxygens (including phenoxy) is 1. The molecule has 4 heterocycles. The number of anilines is 2. The summed E-state index contributed by atoms with van der Waals surface area (Å²) in [5.74, 6) is 1.89. The van der Waals surface area contributed by atoms with Gasteiger partial charge in [0.15, 0.2) is 0 Å². The first-order valence-electron chi connectivity index (χ1n) is 26.1. The first-order valence-corrected chi connectivity index (χ1v) is 22.3. The average molecular weight is 1030 g/mol. The van der Waals surface area contributed by atoms with E-state index in [0.717, 1.165) is 34.0 Å². The van der Waals surface area contributed by atoms with E-state index >= 15 is 0 Å². The van der Waals surface area contributed by atoms with Crippen molar-refractivity contribution in [3.8, 4) is 56.4 Å². The van der Waals surface area contributed by atoms with Crippen LogP contribution in [0, 0.1) is 10.7 Å². The Bertz CT molecular complexity index is 3750. The van der Waals surface area contributed by atoms with Crippen molar-refractivity contribution in [3.05, 3.63) is 184 Å². The summed E-state index contributed by atoms with van der Waals surface area (Å²) in [7, 11) is 0. The van der Waals surface area contributed by atoms with E-state index in [2.05, 4.69) is 74.6 Å². The van der Waals surface area contributed by atoms with Gasteiger partial charge in [0.2, 0.25) is 0 Å². The van der Waals surface area contributed by atoms with Gasteiger partial charge in [0.05, 0.1) is 5.69 Å². The first-order chi connectivity index (χ1) is 34.9. The van der Waals surface area contributed by atoms with E-state index in [4.69, 9.17) is 23.0 Å². The molecule has 0 atom stereocenters. The summed E-state index contributed by atoms with van der Waals surface area (Å²) >= 11 is 2.19. The number of imidazole rings is 1. The second-order valence-electron chi connectivity index (χ2n) is 18.2. The van der Waals surface area contributed by atoms with Crippen molar-refractivity contribution in [1.82, 2.24) is 23.8 Å². The molecule has 6 aromatic carbocycles. The topological polar surface area (TPSA) is 53.0 Å². The third-order valence-corrected chi connectivity index (χ3v) is 12.7. The summed E-state index contributed by atoms with van der Waals surface area (Å²) in [4.78, 5) is 6.99. The number of fused-ring (bicyclic) bond motifs is 4. The summed E-state index contributed by atoms with van der Waals surface area (Å²) in [5.41, 5.74) is 7.29. The Kier molecular flexibility index (Phi) is 7.81. The van der Waals surface area contributed by atoms with Crippen molar-refractivity contribution in [2.24, 2.45) is 0 Å². The number of aromatic nitrogens is 5. The van der Waals surface area contributed by atoms with Crippen LogP contribution in [0.15, 0.2) is 164 Å². The van der Waals surface area contributed by atoms with Crippen LogP contribution >= 0.6 is 0 Å². The molecule has 320 valence electrons. The number of pyridine rings is 1. The minimum atomic E-state index is -0.625. The SMILES string of the molecule is [2H]c1c([2H])c([2H])c(-c2cc(C(C)(C)C)cc(-c3c([2H])c([2H])c([2H])c([2H])c3[2H])c2-n2[c](=[Pt])n(-c3cccc(Oc4ccc5c(c4)N(c4cc(C)ccn4)B(C)n4nc(C(C)(C)C)cc4-5)c3)c3ccccc32)c([2H])c1[2H]. The molecule has 0 saturated heterocycles. The van der Waals surface area contributed by atoms with Crippen LogP contribution in [-0.4, -0.2) is 30.8 Å². The van der Waals surface area contributed by atoms with E-state index in [1.807, 2.05) is 110 Å². The van der Waals surface area contributed by atoms with Gasteiger partial charge in [-0.2, -0.15) is 5.10 Å². The molecule has 0 bridgehead atoms. The fraction of sp³-hybridized carbons (Fsp3) is 0.182. The standard InChI is InChI=1S/C55H51BN6O.Pt/c1-37-28-29-57-52(30-37)61-49-34-43(26-27-44(49)50-35-51(55(5,6)7)58-62(50)56(61)8)63-42-23-17-22-41(33-42)59-36-60(48-25-16-15-24-47(48)59)53-45(38-18-11-9-12-19-38)31-40(54(2,3)4)32-46(53)39-20-13-10-14-21-39;/h9-35H,1-8H3;/i9D,10D,11D,12D,13D,14D,18D,19D,20D,21D;. The normalized spacial score (nSPS) is 14.9. The van der Waals surface area contributed by atoms with Crippen molar-refractivity contribution in [3.63, 3.8) is 0 Å². The molecule has 0 unspecified atom stereocenters. The van der Waals surface area contributed by atoms with Gasteiger partial charge in [-0.15, -0.1) is 0 Å². The number of hydrogen-bond donors (Lipinski definition) is 0. The maximum atomic E-state index is 9.30. The quantitative estimate of drug-likeness (QED) is 0.149. The molecule has 7 nitrogen and oxygen atoms in total. The van der Waals surface area contributed by atoms with Gasteiger partial charge in [-0.25, -0.2) is 0 Å². The molecule has 0 fully saturated rings. The first kappa shape index (κ1) is 31.4. The van der Waals surface area contributed by atoms with Gasteiger partial charge in [-0.05, 0) is 18.6 Å². The molecule has 9 aromatic rings. The Hall–Kier alpha value is -6.50. The van der Waals surface area contributed by atoms with E-state index in [9.17, 15) is 5.48 Å². The molecule has 1 aliphatic rings. The Morgan fingerprint density at radius 3 is 1.92 bits per heavy atom. The molecular formula is C55H51BN6OPt. The molecule has 0 radical (unpaired) electrons. The molecule has 9 heteroatoms. The number of benzene rings is 6. The van der Waals surface area contributed by atoms with Gasteiger partial charge in [0.1, 0.15) is 0 Å². The second kappa shape index (κ2) is 15.9. The van der Waals surface area contributed by atoms with Gasteiger partial charge in [-0.1, -0.05) is 20.8 Å².